The summed E-state index contributed by atoms with van der Waals surface area (Å²) in [6.07, 6.45) is 2.77. The van der Waals surface area contributed by atoms with Gasteiger partial charge in [0.1, 0.15) is 11.5 Å². The number of carbonyl (C=O) groups is 1. The second-order valence-electron chi connectivity index (χ2n) is 5.41. The van der Waals surface area contributed by atoms with Gasteiger partial charge in [0, 0.05) is 17.2 Å². The van der Waals surface area contributed by atoms with Crippen molar-refractivity contribution in [3.05, 3.63) is 69.9 Å². The third kappa shape index (κ3) is 2.09. The summed E-state index contributed by atoms with van der Waals surface area (Å²) in [6, 6.07) is 10.6. The number of Topliss-reactive ketones (excluding diaryl/α,β-unsaturated/α-hetero) is 1. The molecule has 0 fully saturated rings. The van der Waals surface area contributed by atoms with Crippen LogP contribution < -0.4 is 0 Å². The summed E-state index contributed by atoms with van der Waals surface area (Å²) in [4.78, 5) is 13.6. The molecule has 3 aromatic rings. The zero-order valence-corrected chi connectivity index (χ0v) is 12.5. The molecule has 0 N–H and O–H groups in total. The lowest BCUT2D eigenvalue weighted by Crippen LogP contribution is -2.19. The lowest BCUT2D eigenvalue weighted by molar-refractivity contribution is 0.0964. The minimum atomic E-state index is -0.334. The normalized spacial score (nSPS) is 17.5. The van der Waals surface area contributed by atoms with E-state index in [0.717, 1.165) is 5.69 Å². The molecule has 0 unspecified atom stereocenters. The summed E-state index contributed by atoms with van der Waals surface area (Å²) in [6.45, 7) is 0. The van der Waals surface area contributed by atoms with Crippen molar-refractivity contribution >= 4 is 17.1 Å². The highest BCUT2D eigenvalue weighted by atomic mass is 32.1. The molecule has 1 atom stereocenters. The molecule has 0 spiro atoms. The highest BCUT2D eigenvalue weighted by Crippen LogP contribution is 2.35. The van der Waals surface area contributed by atoms with Crippen molar-refractivity contribution < 1.29 is 9.18 Å². The highest BCUT2D eigenvalue weighted by molar-refractivity contribution is 7.10. The first kappa shape index (κ1) is 13.4. The number of para-hydroxylation sites is 1. The molecule has 4 rings (SSSR count). The number of aromatic nitrogens is 2. The van der Waals surface area contributed by atoms with Crippen molar-refractivity contribution in [3.8, 4) is 5.69 Å². The predicted octanol–water partition coefficient (Wildman–Crippen LogP) is 3.99. The molecule has 2 heterocycles. The Bertz CT molecular complexity index is 838. The first-order chi connectivity index (χ1) is 10.7. The minimum absolute atomic E-state index is 0.0854. The topological polar surface area (TPSA) is 34.9 Å². The minimum Gasteiger partial charge on any atom is -0.294 e. The van der Waals surface area contributed by atoms with Gasteiger partial charge < -0.3 is 0 Å². The summed E-state index contributed by atoms with van der Waals surface area (Å²) in [5.74, 6) is -0.0939. The number of ketones is 1. The standard InChI is InChI=1S/C17H13FN2OS/c18-13-4-1-2-5-14(13)20-15-8-11(17-6-3-7-22-17)9-16(21)12(15)10-19-20/h1-7,10-11H,8-9H2/t11-/m0/s1. The van der Waals surface area contributed by atoms with Crippen molar-refractivity contribution in [1.82, 2.24) is 9.78 Å². The van der Waals surface area contributed by atoms with Crippen molar-refractivity contribution in [3.63, 3.8) is 0 Å². The van der Waals surface area contributed by atoms with E-state index in [9.17, 15) is 9.18 Å². The quantitative estimate of drug-likeness (QED) is 0.717. The van der Waals surface area contributed by atoms with Crippen LogP contribution >= 0.6 is 11.3 Å². The summed E-state index contributed by atoms with van der Waals surface area (Å²) in [7, 11) is 0. The van der Waals surface area contributed by atoms with E-state index in [4.69, 9.17) is 0 Å². The summed E-state index contributed by atoms with van der Waals surface area (Å²) in [5.41, 5.74) is 1.82. The smallest absolute Gasteiger partial charge is 0.166 e. The van der Waals surface area contributed by atoms with Crippen LogP contribution in [0.5, 0.6) is 0 Å². The fourth-order valence-electron chi connectivity index (χ4n) is 3.00. The number of thiophene rings is 1. The van der Waals surface area contributed by atoms with Gasteiger partial charge in [-0.05, 0) is 30.0 Å². The number of hydrogen-bond donors (Lipinski definition) is 0. The third-order valence-electron chi connectivity index (χ3n) is 4.07. The first-order valence-corrected chi connectivity index (χ1v) is 8.00. The maximum Gasteiger partial charge on any atom is 0.166 e. The van der Waals surface area contributed by atoms with Crippen LogP contribution in [0.25, 0.3) is 5.69 Å². The van der Waals surface area contributed by atoms with E-state index >= 15 is 0 Å². The molecule has 1 aromatic carbocycles. The summed E-state index contributed by atoms with van der Waals surface area (Å²) < 4.78 is 15.6. The molecule has 0 saturated heterocycles. The van der Waals surface area contributed by atoms with E-state index in [2.05, 4.69) is 11.2 Å². The van der Waals surface area contributed by atoms with Gasteiger partial charge >= 0.3 is 0 Å². The Labute approximate surface area is 131 Å². The fourth-order valence-corrected chi connectivity index (χ4v) is 3.83. The average molecular weight is 312 g/mol. The van der Waals surface area contributed by atoms with Gasteiger partial charge in [-0.3, -0.25) is 4.79 Å². The van der Waals surface area contributed by atoms with E-state index in [0.29, 0.717) is 24.1 Å². The van der Waals surface area contributed by atoms with Crippen molar-refractivity contribution in [2.75, 3.05) is 0 Å². The Hall–Kier alpha value is -2.27. The highest BCUT2D eigenvalue weighted by Gasteiger charge is 2.30. The molecule has 2 aromatic heterocycles. The van der Waals surface area contributed by atoms with Crippen LogP contribution in [0.1, 0.15) is 33.3 Å². The summed E-state index contributed by atoms with van der Waals surface area (Å²) in [5, 5.41) is 6.27. The molecule has 3 nitrogen and oxygen atoms in total. The Balaban J connectivity index is 1.80. The molecule has 5 heteroatoms. The van der Waals surface area contributed by atoms with Crippen LogP contribution in [0.2, 0.25) is 0 Å². The number of rotatable bonds is 2. The second-order valence-corrected chi connectivity index (χ2v) is 6.39. The van der Waals surface area contributed by atoms with Crippen LogP contribution in [0.3, 0.4) is 0 Å². The zero-order chi connectivity index (χ0) is 15.1. The van der Waals surface area contributed by atoms with Gasteiger partial charge in [0.15, 0.2) is 5.78 Å². The largest absolute Gasteiger partial charge is 0.294 e. The fraction of sp³-hybridized carbons (Fsp3) is 0.176. The number of hydrogen-bond acceptors (Lipinski definition) is 3. The molecule has 22 heavy (non-hydrogen) atoms. The average Bonchev–Trinajstić information content (AvgIpc) is 3.17. The van der Waals surface area contributed by atoms with Crippen molar-refractivity contribution in [1.29, 1.82) is 0 Å². The number of nitrogens with zero attached hydrogens (tertiary/aromatic N) is 2. The van der Waals surface area contributed by atoms with Gasteiger partial charge in [-0.15, -0.1) is 11.3 Å². The molecule has 0 bridgehead atoms. The number of benzene rings is 1. The Morgan fingerprint density at radius 3 is 2.82 bits per heavy atom. The van der Waals surface area contributed by atoms with E-state index in [-0.39, 0.29) is 17.5 Å². The predicted molar refractivity (Wildman–Crippen MR) is 83.2 cm³/mol. The van der Waals surface area contributed by atoms with Crippen LogP contribution in [0.4, 0.5) is 4.39 Å². The Morgan fingerprint density at radius 1 is 1.18 bits per heavy atom. The molecule has 0 saturated carbocycles. The number of carbonyl (C=O) groups excluding carboxylic acids is 1. The molecule has 0 aliphatic heterocycles. The van der Waals surface area contributed by atoms with Gasteiger partial charge in [0.05, 0.1) is 17.5 Å². The Kier molecular flexibility index (Phi) is 3.15. The second kappa shape index (κ2) is 5.18. The lowest BCUT2D eigenvalue weighted by atomic mass is 9.86. The van der Waals surface area contributed by atoms with Gasteiger partial charge in [-0.25, -0.2) is 9.07 Å². The molecule has 0 radical (unpaired) electrons. The molecule has 110 valence electrons. The van der Waals surface area contributed by atoms with E-state index in [1.54, 1.807) is 40.4 Å². The maximum atomic E-state index is 14.0. The van der Waals surface area contributed by atoms with Gasteiger partial charge in [0.2, 0.25) is 0 Å². The van der Waals surface area contributed by atoms with Crippen LogP contribution in [0, 0.1) is 5.82 Å². The van der Waals surface area contributed by atoms with Gasteiger partial charge in [-0.1, -0.05) is 18.2 Å². The van der Waals surface area contributed by atoms with Crippen LogP contribution in [-0.4, -0.2) is 15.6 Å². The SMILES string of the molecule is O=C1C[C@@H](c2cccs2)Cc2c1cnn2-c1ccccc1F. The van der Waals surface area contributed by atoms with E-state index in [1.807, 2.05) is 11.4 Å². The number of fused-ring (bicyclic) bond motifs is 1. The van der Waals surface area contributed by atoms with Gasteiger partial charge in [-0.2, -0.15) is 5.10 Å². The van der Waals surface area contributed by atoms with Crippen LogP contribution in [0.15, 0.2) is 48.0 Å². The molecule has 0 amide bonds. The first-order valence-electron chi connectivity index (χ1n) is 7.12. The molecule has 1 aliphatic rings. The maximum absolute atomic E-state index is 14.0. The van der Waals surface area contributed by atoms with Gasteiger partial charge in [0.25, 0.3) is 0 Å². The van der Waals surface area contributed by atoms with Crippen molar-refractivity contribution in [2.45, 2.75) is 18.8 Å². The summed E-state index contributed by atoms with van der Waals surface area (Å²) >= 11 is 1.66. The Morgan fingerprint density at radius 2 is 2.05 bits per heavy atom. The van der Waals surface area contributed by atoms with Crippen LogP contribution in [-0.2, 0) is 6.42 Å². The lowest BCUT2D eigenvalue weighted by Gasteiger charge is -2.21. The van der Waals surface area contributed by atoms with Crippen molar-refractivity contribution in [2.24, 2.45) is 0 Å². The molecular formula is C17H13FN2OS. The zero-order valence-electron chi connectivity index (χ0n) is 11.7. The molecular weight excluding hydrogens is 299 g/mol. The van der Waals surface area contributed by atoms with E-state index in [1.165, 1.54) is 10.9 Å². The van der Waals surface area contributed by atoms with E-state index < -0.39 is 0 Å². The molecule has 1 aliphatic carbocycles. The third-order valence-corrected chi connectivity index (χ3v) is 5.10. The number of halogens is 1. The monoisotopic (exact) mass is 312 g/mol.